The van der Waals surface area contributed by atoms with Crippen molar-refractivity contribution in [1.82, 2.24) is 20.0 Å². The summed E-state index contributed by atoms with van der Waals surface area (Å²) in [6.07, 6.45) is 3.78. The van der Waals surface area contributed by atoms with Gasteiger partial charge in [-0.05, 0) is 26.0 Å². The molecule has 110 valence electrons. The van der Waals surface area contributed by atoms with E-state index in [0.717, 1.165) is 30.4 Å². The van der Waals surface area contributed by atoms with Crippen LogP contribution in [0.15, 0.2) is 29.5 Å². The van der Waals surface area contributed by atoms with Crippen LogP contribution >= 0.6 is 28.6 Å². The Morgan fingerprint density at radius 1 is 1.25 bits per heavy atom. The SMILES string of the molecule is Br.CCNC(=NCc1cn2cc(Cl)ccc2n1)NCC. The molecule has 5 nitrogen and oxygen atoms in total. The van der Waals surface area contributed by atoms with Gasteiger partial charge in [-0.1, -0.05) is 11.6 Å². The molecular formula is C13H19BrClN5. The fourth-order valence-electron chi connectivity index (χ4n) is 1.76. The average Bonchev–Trinajstić information content (AvgIpc) is 2.78. The molecule has 0 aliphatic carbocycles. The van der Waals surface area contributed by atoms with Crippen LogP contribution in [0, 0.1) is 0 Å². The molecule has 0 saturated heterocycles. The van der Waals surface area contributed by atoms with Crippen molar-refractivity contribution < 1.29 is 0 Å². The molecule has 0 radical (unpaired) electrons. The summed E-state index contributed by atoms with van der Waals surface area (Å²) in [7, 11) is 0. The molecule has 7 heteroatoms. The molecule has 0 aliphatic rings. The van der Waals surface area contributed by atoms with E-state index in [1.807, 2.05) is 42.8 Å². The summed E-state index contributed by atoms with van der Waals surface area (Å²) in [6, 6.07) is 3.73. The molecule has 0 fully saturated rings. The predicted molar refractivity (Wildman–Crippen MR) is 89.0 cm³/mol. The minimum absolute atomic E-state index is 0. The second-order valence-electron chi connectivity index (χ2n) is 4.07. The quantitative estimate of drug-likeness (QED) is 0.651. The van der Waals surface area contributed by atoms with Crippen molar-refractivity contribution in [2.24, 2.45) is 4.99 Å². The summed E-state index contributed by atoms with van der Waals surface area (Å²) >= 11 is 5.94. The van der Waals surface area contributed by atoms with Gasteiger partial charge >= 0.3 is 0 Å². The zero-order chi connectivity index (χ0) is 13.7. The fraction of sp³-hybridized carbons (Fsp3) is 0.385. The monoisotopic (exact) mass is 359 g/mol. The zero-order valence-corrected chi connectivity index (χ0v) is 14.0. The van der Waals surface area contributed by atoms with Crippen LogP contribution in [0.4, 0.5) is 0 Å². The van der Waals surface area contributed by atoms with E-state index in [1.54, 1.807) is 0 Å². The minimum atomic E-state index is 0. The first kappa shape index (κ1) is 16.8. The lowest BCUT2D eigenvalue weighted by Crippen LogP contribution is -2.36. The highest BCUT2D eigenvalue weighted by atomic mass is 79.9. The van der Waals surface area contributed by atoms with Crippen LogP contribution in [0.5, 0.6) is 0 Å². The summed E-state index contributed by atoms with van der Waals surface area (Å²) in [6.45, 7) is 6.30. The highest BCUT2D eigenvalue weighted by Gasteiger charge is 2.02. The van der Waals surface area contributed by atoms with Gasteiger partial charge in [0.25, 0.3) is 0 Å². The van der Waals surface area contributed by atoms with Crippen LogP contribution in [0.2, 0.25) is 5.02 Å². The van der Waals surface area contributed by atoms with Crippen LogP contribution in [-0.4, -0.2) is 28.4 Å². The largest absolute Gasteiger partial charge is 0.357 e. The van der Waals surface area contributed by atoms with Crippen LogP contribution in [0.1, 0.15) is 19.5 Å². The molecule has 2 rings (SSSR count). The van der Waals surface area contributed by atoms with Crippen LogP contribution in [0.25, 0.3) is 5.65 Å². The number of aliphatic imine (C=N–C) groups is 1. The second kappa shape index (κ2) is 8.11. The van der Waals surface area contributed by atoms with E-state index < -0.39 is 0 Å². The van der Waals surface area contributed by atoms with E-state index >= 15 is 0 Å². The highest BCUT2D eigenvalue weighted by molar-refractivity contribution is 8.93. The van der Waals surface area contributed by atoms with E-state index in [4.69, 9.17) is 11.6 Å². The van der Waals surface area contributed by atoms with Crippen molar-refractivity contribution in [3.63, 3.8) is 0 Å². The van der Waals surface area contributed by atoms with Crippen molar-refractivity contribution in [2.75, 3.05) is 13.1 Å². The van der Waals surface area contributed by atoms with Crippen molar-refractivity contribution in [3.8, 4) is 0 Å². The molecule has 2 aromatic rings. The van der Waals surface area contributed by atoms with Crippen LogP contribution < -0.4 is 10.6 Å². The summed E-state index contributed by atoms with van der Waals surface area (Å²) in [5.41, 5.74) is 1.79. The second-order valence-corrected chi connectivity index (χ2v) is 4.51. The smallest absolute Gasteiger partial charge is 0.191 e. The van der Waals surface area contributed by atoms with Crippen LogP contribution in [-0.2, 0) is 6.54 Å². The van der Waals surface area contributed by atoms with Gasteiger partial charge in [-0.25, -0.2) is 9.98 Å². The fourth-order valence-corrected chi connectivity index (χ4v) is 1.93. The van der Waals surface area contributed by atoms with Crippen molar-refractivity contribution in [2.45, 2.75) is 20.4 Å². The highest BCUT2D eigenvalue weighted by Crippen LogP contribution is 2.12. The van der Waals surface area contributed by atoms with Crippen molar-refractivity contribution in [1.29, 1.82) is 0 Å². The summed E-state index contributed by atoms with van der Waals surface area (Å²) in [4.78, 5) is 8.96. The third-order valence-corrected chi connectivity index (χ3v) is 2.78. The Balaban J connectivity index is 0.00000200. The van der Waals surface area contributed by atoms with Crippen molar-refractivity contribution in [3.05, 3.63) is 35.2 Å². The molecule has 2 aromatic heterocycles. The number of pyridine rings is 1. The first-order chi connectivity index (χ1) is 9.22. The van der Waals surface area contributed by atoms with Gasteiger partial charge in [0.15, 0.2) is 5.96 Å². The van der Waals surface area contributed by atoms with Gasteiger partial charge in [0.2, 0.25) is 0 Å². The lowest BCUT2D eigenvalue weighted by Gasteiger charge is -2.08. The number of rotatable bonds is 4. The predicted octanol–water partition coefficient (Wildman–Crippen LogP) is 2.64. The molecule has 0 unspecified atom stereocenters. The lowest BCUT2D eigenvalue weighted by atomic mass is 10.5. The summed E-state index contributed by atoms with van der Waals surface area (Å²) in [5, 5.41) is 7.06. The molecule has 0 aromatic carbocycles. The summed E-state index contributed by atoms with van der Waals surface area (Å²) in [5.74, 6) is 0.806. The Bertz CT molecular complexity index is 573. The number of imidazole rings is 1. The van der Waals surface area contributed by atoms with E-state index in [0.29, 0.717) is 11.6 Å². The lowest BCUT2D eigenvalue weighted by molar-refractivity contribution is 0.835. The molecule has 20 heavy (non-hydrogen) atoms. The molecule has 0 aliphatic heterocycles. The molecular weight excluding hydrogens is 342 g/mol. The van der Waals surface area contributed by atoms with Gasteiger partial charge in [-0.15, -0.1) is 17.0 Å². The normalized spacial score (nSPS) is 9.95. The Morgan fingerprint density at radius 3 is 2.60 bits per heavy atom. The number of aromatic nitrogens is 2. The Morgan fingerprint density at radius 2 is 1.95 bits per heavy atom. The van der Waals surface area contributed by atoms with Gasteiger partial charge in [-0.3, -0.25) is 0 Å². The number of fused-ring (bicyclic) bond motifs is 1. The number of guanidine groups is 1. The topological polar surface area (TPSA) is 53.7 Å². The first-order valence-corrected chi connectivity index (χ1v) is 6.76. The third kappa shape index (κ3) is 4.38. The molecule has 0 spiro atoms. The molecule has 0 bridgehead atoms. The number of hydrogen-bond donors (Lipinski definition) is 2. The first-order valence-electron chi connectivity index (χ1n) is 6.38. The molecule has 2 N–H and O–H groups in total. The number of hydrogen-bond acceptors (Lipinski definition) is 2. The van der Waals surface area contributed by atoms with Gasteiger partial charge < -0.3 is 15.0 Å². The Labute approximate surface area is 134 Å². The van der Waals surface area contributed by atoms with E-state index in [2.05, 4.69) is 20.6 Å². The number of halogens is 2. The van der Waals surface area contributed by atoms with E-state index in [9.17, 15) is 0 Å². The molecule has 2 heterocycles. The number of nitrogens with one attached hydrogen (secondary N) is 2. The third-order valence-electron chi connectivity index (χ3n) is 2.55. The molecule has 0 amide bonds. The standard InChI is InChI=1S/C13H18ClN5.BrH/c1-3-15-13(16-4-2)17-7-11-9-19-8-10(14)5-6-12(19)18-11;/h5-6,8-9H,3-4,7H2,1-2H3,(H2,15,16,17);1H. The van der Waals surface area contributed by atoms with Gasteiger partial charge in [0.1, 0.15) is 5.65 Å². The Hall–Kier alpha value is -1.27. The maximum absolute atomic E-state index is 5.94. The maximum Gasteiger partial charge on any atom is 0.191 e. The summed E-state index contributed by atoms with van der Waals surface area (Å²) < 4.78 is 1.91. The van der Waals surface area contributed by atoms with Crippen LogP contribution in [0.3, 0.4) is 0 Å². The van der Waals surface area contributed by atoms with E-state index in [1.165, 1.54) is 0 Å². The van der Waals surface area contributed by atoms with Gasteiger partial charge in [-0.2, -0.15) is 0 Å². The average molecular weight is 361 g/mol. The van der Waals surface area contributed by atoms with Crippen molar-refractivity contribution >= 4 is 40.2 Å². The minimum Gasteiger partial charge on any atom is -0.357 e. The van der Waals surface area contributed by atoms with Gasteiger partial charge in [0, 0.05) is 25.5 Å². The molecule has 0 saturated carbocycles. The van der Waals surface area contributed by atoms with Gasteiger partial charge in [0.05, 0.1) is 17.3 Å². The van der Waals surface area contributed by atoms with E-state index in [-0.39, 0.29) is 17.0 Å². The maximum atomic E-state index is 5.94. The molecule has 0 atom stereocenters. The Kier molecular flexibility index (Phi) is 6.81. The number of nitrogens with zero attached hydrogens (tertiary/aromatic N) is 3. The zero-order valence-electron chi connectivity index (χ0n) is 11.6.